The van der Waals surface area contributed by atoms with Crippen molar-refractivity contribution in [2.75, 3.05) is 14.2 Å². The summed E-state index contributed by atoms with van der Waals surface area (Å²) in [4.78, 5) is 0. The van der Waals surface area contributed by atoms with Crippen LogP contribution in [0.5, 0.6) is 0 Å². The molecule has 2 atom stereocenters. The van der Waals surface area contributed by atoms with Crippen LogP contribution in [0.4, 0.5) is 0 Å². The topological polar surface area (TPSA) is 30.5 Å². The lowest BCUT2D eigenvalue weighted by molar-refractivity contribution is 0.316. The van der Waals surface area contributed by atoms with Crippen molar-refractivity contribution in [1.82, 2.24) is 5.32 Å². The Morgan fingerprint density at radius 1 is 0.864 bits per heavy atom. The Balaban J connectivity index is 2.31. The summed E-state index contributed by atoms with van der Waals surface area (Å²) in [6, 6.07) is 20.5. The van der Waals surface area contributed by atoms with Crippen LogP contribution in [0.15, 0.2) is 60.7 Å². The van der Waals surface area contributed by atoms with Gasteiger partial charge in [-0.3, -0.25) is 5.32 Å². The Kier molecular flexibility index (Phi) is 6.30. The van der Waals surface area contributed by atoms with Gasteiger partial charge in [0.2, 0.25) is 6.49 Å². The molecule has 5 heteroatoms. The average Bonchev–Trinajstić information content (AvgIpc) is 2.60. The van der Waals surface area contributed by atoms with Gasteiger partial charge in [-0.1, -0.05) is 60.7 Å². The van der Waals surface area contributed by atoms with Crippen LogP contribution in [-0.4, -0.2) is 14.2 Å². The highest BCUT2D eigenvalue weighted by atomic mass is 32.5. The smallest absolute Gasteiger partial charge is 0.209 e. The van der Waals surface area contributed by atoms with Crippen molar-refractivity contribution < 1.29 is 9.05 Å². The number of rotatable bonds is 7. The molecule has 0 radical (unpaired) electrons. The summed E-state index contributed by atoms with van der Waals surface area (Å²) in [5, 5.41) is 3.59. The Bertz CT molecular complexity index is 613. The molecule has 1 N–H and O–H groups in total. The molecule has 0 heterocycles. The van der Waals surface area contributed by atoms with Crippen molar-refractivity contribution in [3.63, 3.8) is 0 Å². The van der Waals surface area contributed by atoms with Crippen molar-refractivity contribution >= 4 is 18.3 Å². The van der Waals surface area contributed by atoms with E-state index in [1.54, 1.807) is 14.2 Å². The van der Waals surface area contributed by atoms with E-state index in [2.05, 4.69) is 36.5 Å². The molecule has 3 nitrogen and oxygen atoms in total. The lowest BCUT2D eigenvalue weighted by Crippen LogP contribution is -2.25. The van der Waals surface area contributed by atoms with E-state index in [1.807, 2.05) is 36.4 Å². The molecule has 0 saturated carbocycles. The lowest BCUT2D eigenvalue weighted by Gasteiger charge is -2.31. The average molecular weight is 335 g/mol. The quantitative estimate of drug-likeness (QED) is 0.747. The molecule has 0 fully saturated rings. The van der Waals surface area contributed by atoms with Gasteiger partial charge in [0.15, 0.2) is 0 Å². The van der Waals surface area contributed by atoms with Gasteiger partial charge in [-0.25, -0.2) is 0 Å². The molecule has 0 unspecified atom stereocenters. The Morgan fingerprint density at radius 2 is 1.32 bits per heavy atom. The van der Waals surface area contributed by atoms with Crippen molar-refractivity contribution in [3.8, 4) is 0 Å². The van der Waals surface area contributed by atoms with Crippen LogP contribution in [0.3, 0.4) is 0 Å². The van der Waals surface area contributed by atoms with Gasteiger partial charge in [0.25, 0.3) is 0 Å². The van der Waals surface area contributed by atoms with E-state index < -0.39 is 6.49 Å². The second-order valence-corrected chi connectivity index (χ2v) is 8.87. The molecule has 2 aromatic rings. The maximum Gasteiger partial charge on any atom is 0.209 e. The number of hydrogen-bond acceptors (Lipinski definition) is 4. The first-order valence-electron chi connectivity index (χ1n) is 7.18. The second-order valence-electron chi connectivity index (χ2n) is 5.02. The van der Waals surface area contributed by atoms with Gasteiger partial charge in [-0.15, -0.1) is 0 Å². The normalized spacial score (nSPS) is 14.5. The van der Waals surface area contributed by atoms with E-state index in [-0.39, 0.29) is 11.8 Å². The second kappa shape index (κ2) is 8.00. The summed E-state index contributed by atoms with van der Waals surface area (Å²) in [7, 11) is 3.24. The molecule has 2 rings (SSSR count). The van der Waals surface area contributed by atoms with E-state index in [0.29, 0.717) is 0 Å². The van der Waals surface area contributed by atoms with E-state index >= 15 is 0 Å². The largest absolute Gasteiger partial charge is 0.331 e. The van der Waals surface area contributed by atoms with E-state index in [0.717, 1.165) is 5.56 Å². The van der Waals surface area contributed by atoms with Gasteiger partial charge >= 0.3 is 0 Å². The first-order valence-corrected chi connectivity index (χ1v) is 9.88. The number of nitrogens with one attached hydrogen (secondary N) is 1. The van der Waals surface area contributed by atoms with E-state index in [4.69, 9.17) is 20.9 Å². The van der Waals surface area contributed by atoms with E-state index in [9.17, 15) is 0 Å². The Hall–Kier alpha value is -1.03. The molecule has 118 valence electrons. The highest BCUT2D eigenvalue weighted by Gasteiger charge is 2.31. The minimum Gasteiger partial charge on any atom is -0.331 e. The summed E-state index contributed by atoms with van der Waals surface area (Å²) in [5.41, 5.74) is 2.29. The summed E-state index contributed by atoms with van der Waals surface area (Å²) in [6.45, 7) is -0.344. The van der Waals surface area contributed by atoms with Gasteiger partial charge in [0.1, 0.15) is 5.78 Å². The van der Waals surface area contributed by atoms with Crippen molar-refractivity contribution in [2.45, 2.75) is 18.7 Å². The summed E-state index contributed by atoms with van der Waals surface area (Å²) in [5.74, 6) is -0.158. The molecule has 2 aromatic carbocycles. The number of hydrogen-bond donors (Lipinski definition) is 1. The van der Waals surface area contributed by atoms with E-state index in [1.165, 1.54) is 5.56 Å². The Labute approximate surface area is 137 Å². The third kappa shape index (κ3) is 4.03. The molecule has 0 amide bonds. The third-order valence-corrected chi connectivity index (χ3v) is 7.27. The molecule has 22 heavy (non-hydrogen) atoms. The lowest BCUT2D eigenvalue weighted by atomic mass is 10.1. The van der Waals surface area contributed by atoms with Crippen molar-refractivity contribution in [2.24, 2.45) is 0 Å². The molecule has 0 aromatic heterocycles. The maximum absolute atomic E-state index is 5.68. The van der Waals surface area contributed by atoms with Crippen LogP contribution in [0.2, 0.25) is 0 Å². The molecular formula is C17H22NO2PS. The van der Waals surface area contributed by atoms with Crippen LogP contribution in [0.25, 0.3) is 0 Å². The van der Waals surface area contributed by atoms with Crippen LogP contribution >= 0.6 is 6.49 Å². The van der Waals surface area contributed by atoms with Gasteiger partial charge < -0.3 is 9.05 Å². The zero-order chi connectivity index (χ0) is 16.0. The van der Waals surface area contributed by atoms with Gasteiger partial charge in [0, 0.05) is 20.3 Å². The highest BCUT2D eigenvalue weighted by molar-refractivity contribution is 8.10. The van der Waals surface area contributed by atoms with Gasteiger partial charge in [-0.05, 0) is 29.9 Å². The minimum absolute atomic E-state index is 0.138. The van der Waals surface area contributed by atoms with Crippen molar-refractivity contribution in [1.29, 1.82) is 0 Å². The number of benzene rings is 2. The monoisotopic (exact) mass is 335 g/mol. The molecule has 0 aliphatic rings. The predicted octanol–water partition coefficient (Wildman–Crippen LogP) is 4.64. The predicted molar refractivity (Wildman–Crippen MR) is 95.5 cm³/mol. The molecule has 0 aliphatic carbocycles. The summed E-state index contributed by atoms with van der Waals surface area (Å²) < 4.78 is 11.2. The maximum atomic E-state index is 5.68. The SMILES string of the molecule is COP(=S)(OC)[C@H](N[C@H](C)c1ccccc1)c1ccccc1. The fourth-order valence-electron chi connectivity index (χ4n) is 2.37. The third-order valence-electron chi connectivity index (χ3n) is 3.65. The molecular weight excluding hydrogens is 313 g/mol. The van der Waals surface area contributed by atoms with Crippen LogP contribution < -0.4 is 5.32 Å². The molecule has 0 bridgehead atoms. The highest BCUT2D eigenvalue weighted by Crippen LogP contribution is 2.59. The van der Waals surface area contributed by atoms with Crippen molar-refractivity contribution in [3.05, 3.63) is 71.8 Å². The fourth-order valence-corrected chi connectivity index (χ4v) is 4.43. The molecule has 0 spiro atoms. The van der Waals surface area contributed by atoms with Crippen LogP contribution in [-0.2, 0) is 20.9 Å². The standard InChI is InChI=1S/C17H22NO2PS/c1-14(15-10-6-4-7-11-15)18-17(21(22,19-2)20-3)16-12-8-5-9-13-16/h4-14,17-18H,1-3H3/t14-,17+/m1/s1. The zero-order valence-electron chi connectivity index (χ0n) is 13.1. The first-order chi connectivity index (χ1) is 10.6. The van der Waals surface area contributed by atoms with Gasteiger partial charge in [-0.2, -0.15) is 0 Å². The molecule has 0 saturated heterocycles. The first kappa shape index (κ1) is 17.3. The Morgan fingerprint density at radius 3 is 1.77 bits per heavy atom. The zero-order valence-corrected chi connectivity index (χ0v) is 14.8. The minimum atomic E-state index is -2.47. The van der Waals surface area contributed by atoms with Crippen LogP contribution in [0.1, 0.15) is 29.9 Å². The fraction of sp³-hybridized carbons (Fsp3) is 0.294. The molecule has 0 aliphatic heterocycles. The van der Waals surface area contributed by atoms with Crippen LogP contribution in [0, 0.1) is 0 Å². The summed E-state index contributed by atoms with van der Waals surface area (Å²) in [6.07, 6.45) is 0. The summed E-state index contributed by atoms with van der Waals surface area (Å²) >= 11 is 5.68. The van der Waals surface area contributed by atoms with Gasteiger partial charge in [0.05, 0.1) is 0 Å².